The first kappa shape index (κ1) is 33.2. The van der Waals surface area contributed by atoms with Crippen molar-refractivity contribution in [3.05, 3.63) is 217 Å². The Morgan fingerprint density at radius 1 is 0.365 bits per heavy atom. The highest BCUT2D eigenvalue weighted by Gasteiger charge is 2.16. The molecule has 2 aromatic heterocycles. The van der Waals surface area contributed by atoms with Gasteiger partial charge in [0.05, 0.1) is 12.4 Å². The van der Waals surface area contributed by atoms with E-state index in [1.54, 1.807) is 22.0 Å². The lowest BCUT2D eigenvalue weighted by Gasteiger charge is -2.10. The maximum absolute atomic E-state index is 4.67. The van der Waals surface area contributed by atoms with Crippen molar-refractivity contribution in [3.63, 3.8) is 0 Å². The van der Waals surface area contributed by atoms with Crippen molar-refractivity contribution in [2.45, 2.75) is 12.1 Å². The van der Waals surface area contributed by atoms with Gasteiger partial charge in [0, 0.05) is 22.3 Å². The predicted octanol–water partition coefficient (Wildman–Crippen LogP) is 9.17. The average molecular weight is 671 g/mol. The molecule has 0 radical (unpaired) electrons. The van der Waals surface area contributed by atoms with Gasteiger partial charge >= 0.3 is 0 Å². The lowest BCUT2D eigenvalue weighted by molar-refractivity contribution is 0.544. The van der Waals surface area contributed by atoms with E-state index in [0.29, 0.717) is 0 Å². The molecule has 0 aliphatic rings. The highest BCUT2D eigenvalue weighted by atomic mass is 15.5. The van der Waals surface area contributed by atoms with Gasteiger partial charge in [-0.05, 0) is 35.4 Å². The molecule has 0 saturated heterocycles. The standard InChI is InChI=1S/2C23H17N3/c2*1-4-10-19(11-5-1)16-17-23(21-14-8-3-9-15-21)26-24-18-22(25-26)20-12-6-2-7-13-20/h2*1-15,18,23H/t2*23-/m00/s1. The average Bonchev–Trinajstić information content (AvgIpc) is 3.92. The molecule has 0 aliphatic heterocycles. The lowest BCUT2D eigenvalue weighted by Crippen LogP contribution is -2.12. The SMILES string of the molecule is C(#C[C@@H](c1ccccc1)n1ncc(-c2ccccc2)n1)c1ccccc1.C(#C[C@@H](c1ccccc1)n1ncc(-c2ccccc2)n1)c1ccccc1. The highest BCUT2D eigenvalue weighted by molar-refractivity contribution is 5.58. The smallest absolute Gasteiger partial charge is 0.157 e. The molecule has 2 atom stereocenters. The molecule has 6 heteroatoms. The van der Waals surface area contributed by atoms with Crippen LogP contribution in [-0.2, 0) is 0 Å². The molecule has 6 nitrogen and oxygen atoms in total. The third-order valence-corrected chi connectivity index (χ3v) is 8.10. The third kappa shape index (κ3) is 8.65. The molecule has 0 saturated carbocycles. The first-order valence-electron chi connectivity index (χ1n) is 17.0. The summed E-state index contributed by atoms with van der Waals surface area (Å²) in [7, 11) is 0. The summed E-state index contributed by atoms with van der Waals surface area (Å²) < 4.78 is 0. The Morgan fingerprint density at radius 2 is 0.673 bits per heavy atom. The Balaban J connectivity index is 0.000000162. The first-order valence-corrected chi connectivity index (χ1v) is 17.0. The number of aromatic nitrogens is 6. The number of benzene rings is 6. The quantitative estimate of drug-likeness (QED) is 0.166. The molecule has 0 unspecified atom stereocenters. The summed E-state index contributed by atoms with van der Waals surface area (Å²) in [4.78, 5) is 3.38. The summed E-state index contributed by atoms with van der Waals surface area (Å²) in [5, 5.41) is 18.3. The molecular formula is C46H34N6. The van der Waals surface area contributed by atoms with Crippen LogP contribution in [0.1, 0.15) is 34.3 Å². The summed E-state index contributed by atoms with van der Waals surface area (Å²) in [6.07, 6.45) is 3.57. The van der Waals surface area contributed by atoms with Gasteiger partial charge in [-0.2, -0.15) is 30.0 Å². The van der Waals surface area contributed by atoms with Crippen LogP contribution in [-0.4, -0.2) is 30.0 Å². The molecular weight excluding hydrogens is 637 g/mol. The molecule has 248 valence electrons. The monoisotopic (exact) mass is 670 g/mol. The number of nitrogens with zero attached hydrogens (tertiary/aromatic N) is 6. The normalized spacial score (nSPS) is 11.4. The van der Waals surface area contributed by atoms with Crippen LogP contribution in [0.4, 0.5) is 0 Å². The largest absolute Gasteiger partial charge is 0.164 e. The Labute approximate surface area is 304 Å². The van der Waals surface area contributed by atoms with Gasteiger partial charge in [0.2, 0.25) is 0 Å². The van der Waals surface area contributed by atoms with Crippen molar-refractivity contribution in [3.8, 4) is 46.2 Å². The lowest BCUT2D eigenvalue weighted by atomic mass is 10.1. The summed E-state index contributed by atoms with van der Waals surface area (Å²) >= 11 is 0. The van der Waals surface area contributed by atoms with Gasteiger partial charge in [-0.25, -0.2) is 0 Å². The minimum absolute atomic E-state index is 0.242. The van der Waals surface area contributed by atoms with Crippen LogP contribution >= 0.6 is 0 Å². The van der Waals surface area contributed by atoms with Gasteiger partial charge in [0.25, 0.3) is 0 Å². The topological polar surface area (TPSA) is 61.4 Å². The second kappa shape index (κ2) is 16.9. The summed E-state index contributed by atoms with van der Waals surface area (Å²) in [6, 6.07) is 59.8. The Morgan fingerprint density at radius 3 is 1.02 bits per heavy atom. The van der Waals surface area contributed by atoms with E-state index in [0.717, 1.165) is 44.8 Å². The number of hydrogen-bond donors (Lipinski definition) is 0. The molecule has 8 aromatic rings. The second-order valence-electron chi connectivity index (χ2n) is 11.7. The van der Waals surface area contributed by atoms with E-state index >= 15 is 0 Å². The fraction of sp³-hybridized carbons (Fsp3) is 0.0435. The zero-order valence-corrected chi connectivity index (χ0v) is 28.3. The summed E-state index contributed by atoms with van der Waals surface area (Å²) in [6.45, 7) is 0. The van der Waals surface area contributed by atoms with Crippen LogP contribution in [0.15, 0.2) is 194 Å². The molecule has 0 bridgehead atoms. The van der Waals surface area contributed by atoms with Gasteiger partial charge in [0.1, 0.15) is 11.4 Å². The van der Waals surface area contributed by atoms with Crippen LogP contribution in [0, 0.1) is 23.7 Å². The van der Waals surface area contributed by atoms with Crippen LogP contribution in [0.25, 0.3) is 22.5 Å². The van der Waals surface area contributed by atoms with E-state index in [9.17, 15) is 0 Å². The predicted molar refractivity (Wildman–Crippen MR) is 207 cm³/mol. The van der Waals surface area contributed by atoms with Gasteiger partial charge < -0.3 is 0 Å². The zero-order chi connectivity index (χ0) is 35.2. The van der Waals surface area contributed by atoms with Crippen LogP contribution < -0.4 is 0 Å². The second-order valence-corrected chi connectivity index (χ2v) is 11.7. The van der Waals surface area contributed by atoms with E-state index in [-0.39, 0.29) is 12.1 Å². The number of rotatable bonds is 6. The molecule has 2 heterocycles. The van der Waals surface area contributed by atoms with E-state index in [1.807, 2.05) is 158 Å². The minimum atomic E-state index is -0.242. The van der Waals surface area contributed by atoms with E-state index < -0.39 is 0 Å². The minimum Gasteiger partial charge on any atom is -0.164 e. The van der Waals surface area contributed by atoms with E-state index in [2.05, 4.69) is 68.3 Å². The van der Waals surface area contributed by atoms with Gasteiger partial charge in [-0.3, -0.25) is 0 Å². The summed E-state index contributed by atoms with van der Waals surface area (Å²) in [5.41, 5.74) is 7.84. The summed E-state index contributed by atoms with van der Waals surface area (Å²) in [5.74, 6) is 13.1. The molecule has 52 heavy (non-hydrogen) atoms. The molecule has 0 fully saturated rings. The third-order valence-electron chi connectivity index (χ3n) is 8.10. The first-order chi connectivity index (χ1) is 25.8. The van der Waals surface area contributed by atoms with Crippen molar-refractivity contribution in [1.29, 1.82) is 0 Å². The molecule has 0 aliphatic carbocycles. The van der Waals surface area contributed by atoms with Crippen molar-refractivity contribution in [2.24, 2.45) is 0 Å². The van der Waals surface area contributed by atoms with E-state index in [1.165, 1.54) is 0 Å². The highest BCUT2D eigenvalue weighted by Crippen LogP contribution is 2.22. The van der Waals surface area contributed by atoms with Crippen molar-refractivity contribution < 1.29 is 0 Å². The molecule has 0 amide bonds. The van der Waals surface area contributed by atoms with Gasteiger partial charge in [-0.1, -0.05) is 181 Å². The van der Waals surface area contributed by atoms with Crippen molar-refractivity contribution in [1.82, 2.24) is 30.0 Å². The van der Waals surface area contributed by atoms with E-state index in [4.69, 9.17) is 0 Å². The van der Waals surface area contributed by atoms with Gasteiger partial charge in [0.15, 0.2) is 12.1 Å². The van der Waals surface area contributed by atoms with Crippen LogP contribution in [0.5, 0.6) is 0 Å². The molecule has 6 aromatic carbocycles. The fourth-order valence-corrected chi connectivity index (χ4v) is 5.45. The van der Waals surface area contributed by atoms with Crippen molar-refractivity contribution in [2.75, 3.05) is 0 Å². The number of hydrogen-bond acceptors (Lipinski definition) is 4. The molecule has 8 rings (SSSR count). The Hall–Kier alpha value is -7.28. The Kier molecular flexibility index (Phi) is 10.8. The van der Waals surface area contributed by atoms with Crippen LogP contribution in [0.3, 0.4) is 0 Å². The zero-order valence-electron chi connectivity index (χ0n) is 28.3. The maximum atomic E-state index is 4.67. The van der Waals surface area contributed by atoms with Gasteiger partial charge in [-0.15, -0.1) is 0 Å². The molecule has 0 N–H and O–H groups in total. The Bertz CT molecular complexity index is 2230. The maximum Gasteiger partial charge on any atom is 0.157 e. The van der Waals surface area contributed by atoms with Crippen LogP contribution in [0.2, 0.25) is 0 Å². The fourth-order valence-electron chi connectivity index (χ4n) is 5.45. The molecule has 0 spiro atoms. The van der Waals surface area contributed by atoms with Crippen molar-refractivity contribution >= 4 is 0 Å².